The van der Waals surface area contributed by atoms with Crippen LogP contribution >= 0.6 is 0 Å². The molecule has 1 N–H and O–H groups in total. The van der Waals surface area contributed by atoms with E-state index in [1.165, 1.54) is 32.2 Å². The van der Waals surface area contributed by atoms with E-state index in [4.69, 9.17) is 0 Å². The van der Waals surface area contributed by atoms with Crippen molar-refractivity contribution >= 4 is 0 Å². The number of hydrogen-bond donors (Lipinski definition) is 1. The van der Waals surface area contributed by atoms with Crippen LogP contribution in [0.5, 0.6) is 0 Å². The van der Waals surface area contributed by atoms with Crippen LogP contribution in [0.2, 0.25) is 0 Å². The van der Waals surface area contributed by atoms with Crippen molar-refractivity contribution in [3.8, 4) is 0 Å². The van der Waals surface area contributed by atoms with Gasteiger partial charge in [-0.05, 0) is 46.2 Å². The van der Waals surface area contributed by atoms with E-state index in [1.54, 1.807) is 0 Å². The average Bonchev–Trinajstić information content (AvgIpc) is 3.02. The van der Waals surface area contributed by atoms with Crippen LogP contribution in [-0.4, -0.2) is 36.1 Å². The third-order valence-corrected chi connectivity index (χ3v) is 3.56. The minimum Gasteiger partial charge on any atom is -0.313 e. The molecule has 0 amide bonds. The SMILES string of the molecule is CCCCN(C1CC1)C(C)C(C)NCC. The van der Waals surface area contributed by atoms with E-state index in [1.807, 2.05) is 0 Å². The topological polar surface area (TPSA) is 15.3 Å². The zero-order valence-electron chi connectivity index (χ0n) is 10.9. The van der Waals surface area contributed by atoms with Gasteiger partial charge in [0, 0.05) is 18.1 Å². The van der Waals surface area contributed by atoms with Crippen LogP contribution in [0.4, 0.5) is 0 Å². The maximum Gasteiger partial charge on any atom is 0.0221 e. The largest absolute Gasteiger partial charge is 0.313 e. The summed E-state index contributed by atoms with van der Waals surface area (Å²) < 4.78 is 0. The van der Waals surface area contributed by atoms with Crippen molar-refractivity contribution in [2.24, 2.45) is 0 Å². The lowest BCUT2D eigenvalue weighted by Gasteiger charge is -2.33. The highest BCUT2D eigenvalue weighted by atomic mass is 15.2. The van der Waals surface area contributed by atoms with Crippen LogP contribution in [-0.2, 0) is 0 Å². The molecule has 0 aromatic rings. The summed E-state index contributed by atoms with van der Waals surface area (Å²) in [5.74, 6) is 0. The van der Waals surface area contributed by atoms with Gasteiger partial charge in [-0.15, -0.1) is 0 Å². The van der Waals surface area contributed by atoms with Gasteiger partial charge in [0.1, 0.15) is 0 Å². The summed E-state index contributed by atoms with van der Waals surface area (Å²) in [7, 11) is 0. The van der Waals surface area contributed by atoms with Gasteiger partial charge >= 0.3 is 0 Å². The van der Waals surface area contributed by atoms with Gasteiger partial charge in [-0.25, -0.2) is 0 Å². The van der Waals surface area contributed by atoms with E-state index in [2.05, 4.69) is 37.9 Å². The maximum atomic E-state index is 3.54. The fraction of sp³-hybridized carbons (Fsp3) is 1.00. The molecule has 0 radical (unpaired) electrons. The molecule has 1 fully saturated rings. The van der Waals surface area contributed by atoms with Gasteiger partial charge < -0.3 is 5.32 Å². The monoisotopic (exact) mass is 212 g/mol. The van der Waals surface area contributed by atoms with Crippen molar-refractivity contribution < 1.29 is 0 Å². The lowest BCUT2D eigenvalue weighted by Crippen LogP contribution is -2.48. The molecule has 2 heteroatoms. The average molecular weight is 212 g/mol. The molecule has 2 nitrogen and oxygen atoms in total. The predicted molar refractivity (Wildman–Crippen MR) is 67.2 cm³/mol. The number of likely N-dealkylation sites (N-methyl/N-ethyl adjacent to an activating group) is 1. The molecule has 2 unspecified atom stereocenters. The fourth-order valence-electron chi connectivity index (χ4n) is 2.25. The Balaban J connectivity index is 2.39. The van der Waals surface area contributed by atoms with Gasteiger partial charge in [0.2, 0.25) is 0 Å². The van der Waals surface area contributed by atoms with E-state index in [0.717, 1.165) is 12.6 Å². The Hall–Kier alpha value is -0.0800. The van der Waals surface area contributed by atoms with Crippen LogP contribution in [0.1, 0.15) is 53.4 Å². The normalized spacial score (nSPS) is 20.6. The highest BCUT2D eigenvalue weighted by Crippen LogP contribution is 2.29. The highest BCUT2D eigenvalue weighted by Gasteiger charge is 2.33. The molecule has 15 heavy (non-hydrogen) atoms. The van der Waals surface area contributed by atoms with Crippen LogP contribution < -0.4 is 5.32 Å². The summed E-state index contributed by atoms with van der Waals surface area (Å²) in [6, 6.07) is 2.20. The molecular weight excluding hydrogens is 184 g/mol. The summed E-state index contributed by atoms with van der Waals surface area (Å²) in [5, 5.41) is 3.54. The van der Waals surface area contributed by atoms with Gasteiger partial charge in [-0.2, -0.15) is 0 Å². The van der Waals surface area contributed by atoms with Gasteiger partial charge in [-0.3, -0.25) is 4.90 Å². The Labute approximate surface area is 95.4 Å². The number of hydrogen-bond acceptors (Lipinski definition) is 2. The quantitative estimate of drug-likeness (QED) is 0.665. The van der Waals surface area contributed by atoms with E-state index < -0.39 is 0 Å². The summed E-state index contributed by atoms with van der Waals surface area (Å²) >= 11 is 0. The number of nitrogens with one attached hydrogen (secondary N) is 1. The van der Waals surface area contributed by atoms with Crippen LogP contribution in [0, 0.1) is 0 Å². The molecule has 1 saturated carbocycles. The summed E-state index contributed by atoms with van der Waals surface area (Å²) in [5.41, 5.74) is 0. The third-order valence-electron chi connectivity index (χ3n) is 3.56. The maximum absolute atomic E-state index is 3.54. The molecule has 1 rings (SSSR count). The van der Waals surface area contributed by atoms with Gasteiger partial charge in [0.15, 0.2) is 0 Å². The van der Waals surface area contributed by atoms with Crippen LogP contribution in [0.25, 0.3) is 0 Å². The Morgan fingerprint density at radius 2 is 1.93 bits per heavy atom. The first-order valence-corrected chi connectivity index (χ1v) is 6.69. The van der Waals surface area contributed by atoms with Gasteiger partial charge in [0.25, 0.3) is 0 Å². The van der Waals surface area contributed by atoms with E-state index in [0.29, 0.717) is 12.1 Å². The molecule has 0 saturated heterocycles. The van der Waals surface area contributed by atoms with Crippen molar-refractivity contribution in [1.82, 2.24) is 10.2 Å². The highest BCUT2D eigenvalue weighted by molar-refractivity contribution is 4.90. The molecule has 1 aliphatic rings. The third kappa shape index (κ3) is 4.12. The molecule has 0 heterocycles. The molecule has 0 aromatic heterocycles. The first-order valence-electron chi connectivity index (χ1n) is 6.69. The van der Waals surface area contributed by atoms with Gasteiger partial charge in [0.05, 0.1) is 0 Å². The zero-order chi connectivity index (χ0) is 11.3. The Bertz CT molecular complexity index is 166. The predicted octanol–water partition coefficient (Wildman–Crippen LogP) is 2.64. The standard InChI is InChI=1S/C13H28N2/c1-5-7-10-15(13-8-9-13)12(4)11(3)14-6-2/h11-14H,5-10H2,1-4H3. The lowest BCUT2D eigenvalue weighted by molar-refractivity contribution is 0.164. The number of nitrogens with zero attached hydrogens (tertiary/aromatic N) is 1. The second kappa shape index (κ2) is 6.49. The second-order valence-corrected chi connectivity index (χ2v) is 4.91. The zero-order valence-corrected chi connectivity index (χ0v) is 10.9. The molecule has 0 aliphatic heterocycles. The first-order chi connectivity index (χ1) is 7.20. The van der Waals surface area contributed by atoms with Crippen molar-refractivity contribution in [1.29, 1.82) is 0 Å². The molecule has 90 valence electrons. The van der Waals surface area contributed by atoms with E-state index in [9.17, 15) is 0 Å². The van der Waals surface area contributed by atoms with Crippen molar-refractivity contribution in [3.63, 3.8) is 0 Å². The fourth-order valence-corrected chi connectivity index (χ4v) is 2.25. The smallest absolute Gasteiger partial charge is 0.0221 e. The van der Waals surface area contributed by atoms with Crippen molar-refractivity contribution in [3.05, 3.63) is 0 Å². The Morgan fingerprint density at radius 3 is 2.40 bits per heavy atom. The second-order valence-electron chi connectivity index (χ2n) is 4.91. The summed E-state index contributed by atoms with van der Waals surface area (Å²) in [4.78, 5) is 2.72. The Morgan fingerprint density at radius 1 is 1.27 bits per heavy atom. The minimum atomic E-state index is 0.618. The summed E-state index contributed by atoms with van der Waals surface area (Å²) in [6.45, 7) is 11.5. The Kier molecular flexibility index (Phi) is 5.62. The molecular formula is C13H28N2. The molecule has 2 atom stereocenters. The first kappa shape index (κ1) is 13.0. The van der Waals surface area contributed by atoms with Gasteiger partial charge in [-0.1, -0.05) is 20.3 Å². The number of rotatable bonds is 8. The van der Waals surface area contributed by atoms with Crippen molar-refractivity contribution in [2.75, 3.05) is 13.1 Å². The summed E-state index contributed by atoms with van der Waals surface area (Å²) in [6.07, 6.45) is 5.50. The van der Waals surface area contributed by atoms with Crippen LogP contribution in [0.3, 0.4) is 0 Å². The molecule has 0 spiro atoms. The van der Waals surface area contributed by atoms with E-state index in [-0.39, 0.29) is 0 Å². The van der Waals surface area contributed by atoms with Crippen LogP contribution in [0.15, 0.2) is 0 Å². The minimum absolute atomic E-state index is 0.618. The molecule has 1 aliphatic carbocycles. The van der Waals surface area contributed by atoms with Crippen molar-refractivity contribution in [2.45, 2.75) is 71.5 Å². The molecule has 0 bridgehead atoms. The lowest BCUT2D eigenvalue weighted by atomic mass is 10.1. The van der Waals surface area contributed by atoms with E-state index >= 15 is 0 Å². The number of unbranched alkanes of at least 4 members (excludes halogenated alkanes) is 1. The molecule has 0 aromatic carbocycles.